The van der Waals surface area contributed by atoms with E-state index in [0.717, 1.165) is 5.76 Å². The van der Waals surface area contributed by atoms with Crippen LogP contribution < -0.4 is 5.43 Å². The number of hydrogen-bond acceptors (Lipinski definition) is 4. The monoisotopic (exact) mass is 255 g/mol. The van der Waals surface area contributed by atoms with Gasteiger partial charge in [-0.15, -0.1) is 0 Å². The Kier molecular flexibility index (Phi) is 4.23. The second-order valence-electron chi connectivity index (χ2n) is 3.78. The van der Waals surface area contributed by atoms with Crippen LogP contribution in [0.4, 0.5) is 0 Å². The predicted octanol–water partition coefficient (Wildman–Crippen LogP) is 2.49. The van der Waals surface area contributed by atoms with E-state index in [1.165, 1.54) is 6.20 Å². The van der Waals surface area contributed by atoms with E-state index < -0.39 is 0 Å². The topological polar surface area (TPSA) is 67.5 Å². The zero-order valence-electron chi connectivity index (χ0n) is 10.4. The highest BCUT2D eigenvalue weighted by Crippen LogP contribution is 2.02. The SMILES string of the molecule is CC(/C=C/c1ccco1)=N/NC(=O)c1cccnc1. The summed E-state index contributed by atoms with van der Waals surface area (Å²) in [5.41, 5.74) is 3.58. The number of carbonyl (C=O) groups excluding carboxylic acids is 1. The summed E-state index contributed by atoms with van der Waals surface area (Å²) in [6.45, 7) is 1.78. The number of amides is 1. The minimum absolute atomic E-state index is 0.293. The third-order valence-electron chi connectivity index (χ3n) is 2.29. The second kappa shape index (κ2) is 6.30. The Hall–Kier alpha value is -2.69. The lowest BCUT2D eigenvalue weighted by Gasteiger charge is -1.99. The molecular formula is C14H13N3O2. The molecule has 0 bridgehead atoms. The number of aromatic nitrogens is 1. The quantitative estimate of drug-likeness (QED) is 0.674. The molecule has 0 unspecified atom stereocenters. The van der Waals surface area contributed by atoms with Crippen molar-refractivity contribution in [3.8, 4) is 0 Å². The van der Waals surface area contributed by atoms with Gasteiger partial charge in [0.25, 0.3) is 5.91 Å². The number of rotatable bonds is 4. The van der Waals surface area contributed by atoms with Crippen LogP contribution >= 0.6 is 0 Å². The Morgan fingerprint density at radius 2 is 2.32 bits per heavy atom. The lowest BCUT2D eigenvalue weighted by atomic mass is 10.3. The normalized spacial score (nSPS) is 11.7. The molecule has 0 spiro atoms. The lowest BCUT2D eigenvalue weighted by molar-refractivity contribution is 0.0954. The van der Waals surface area contributed by atoms with Gasteiger partial charge in [-0.25, -0.2) is 5.43 Å². The molecule has 2 heterocycles. The highest BCUT2D eigenvalue weighted by molar-refractivity contribution is 5.98. The summed E-state index contributed by atoms with van der Waals surface area (Å²) in [6, 6.07) is 7.00. The number of furan rings is 1. The number of pyridine rings is 1. The van der Waals surface area contributed by atoms with E-state index in [2.05, 4.69) is 15.5 Å². The maximum atomic E-state index is 11.7. The molecule has 0 saturated carbocycles. The first-order chi connectivity index (χ1) is 9.25. The maximum absolute atomic E-state index is 11.7. The molecule has 0 saturated heterocycles. The molecule has 5 heteroatoms. The minimum Gasteiger partial charge on any atom is -0.465 e. The summed E-state index contributed by atoms with van der Waals surface area (Å²) >= 11 is 0. The molecule has 1 N–H and O–H groups in total. The van der Waals surface area contributed by atoms with Gasteiger partial charge < -0.3 is 4.42 Å². The molecule has 0 aliphatic rings. The van der Waals surface area contributed by atoms with Crippen LogP contribution in [0.3, 0.4) is 0 Å². The maximum Gasteiger partial charge on any atom is 0.272 e. The number of hydrazone groups is 1. The van der Waals surface area contributed by atoms with Crippen LogP contribution in [0.25, 0.3) is 6.08 Å². The molecule has 0 fully saturated rings. The minimum atomic E-state index is -0.293. The first-order valence-corrected chi connectivity index (χ1v) is 5.72. The van der Waals surface area contributed by atoms with Crippen LogP contribution in [0.5, 0.6) is 0 Å². The Balaban J connectivity index is 1.93. The standard InChI is InChI=1S/C14H13N3O2/c1-11(6-7-13-5-3-9-19-13)16-17-14(18)12-4-2-8-15-10-12/h2-10H,1H3,(H,17,18)/b7-6+,16-11-. The van der Waals surface area contributed by atoms with Crippen LogP contribution in [0.15, 0.2) is 58.5 Å². The van der Waals surface area contributed by atoms with Crippen molar-refractivity contribution in [3.05, 3.63) is 60.3 Å². The number of carbonyl (C=O) groups is 1. The van der Waals surface area contributed by atoms with Gasteiger partial charge in [-0.05, 0) is 43.3 Å². The molecule has 2 aromatic heterocycles. The van der Waals surface area contributed by atoms with Crippen LogP contribution in [-0.4, -0.2) is 16.6 Å². The number of nitrogens with zero attached hydrogens (tertiary/aromatic N) is 2. The summed E-state index contributed by atoms with van der Waals surface area (Å²) in [7, 11) is 0. The summed E-state index contributed by atoms with van der Waals surface area (Å²) in [5.74, 6) is 0.437. The van der Waals surface area contributed by atoms with E-state index in [1.807, 2.05) is 6.07 Å². The first kappa shape index (κ1) is 12.8. The molecule has 5 nitrogen and oxygen atoms in total. The van der Waals surface area contributed by atoms with Crippen molar-refractivity contribution in [2.45, 2.75) is 6.92 Å². The first-order valence-electron chi connectivity index (χ1n) is 5.72. The average Bonchev–Trinajstić information content (AvgIpc) is 2.96. The van der Waals surface area contributed by atoms with Crippen LogP contribution in [0.1, 0.15) is 23.0 Å². The Morgan fingerprint density at radius 1 is 1.42 bits per heavy atom. The lowest BCUT2D eigenvalue weighted by Crippen LogP contribution is -2.18. The molecule has 19 heavy (non-hydrogen) atoms. The van der Waals surface area contributed by atoms with Crippen LogP contribution in [0.2, 0.25) is 0 Å². The fourth-order valence-electron chi connectivity index (χ4n) is 1.33. The molecule has 0 aliphatic carbocycles. The average molecular weight is 255 g/mol. The van der Waals surface area contributed by atoms with Gasteiger partial charge in [0, 0.05) is 12.4 Å². The van der Waals surface area contributed by atoms with E-state index in [-0.39, 0.29) is 5.91 Å². The van der Waals surface area contributed by atoms with E-state index in [1.54, 1.807) is 49.7 Å². The molecule has 2 aromatic rings. The third-order valence-corrected chi connectivity index (χ3v) is 2.29. The van der Waals surface area contributed by atoms with Gasteiger partial charge in [-0.1, -0.05) is 0 Å². The molecule has 2 rings (SSSR count). The highest BCUT2D eigenvalue weighted by Gasteiger charge is 2.02. The fourth-order valence-corrected chi connectivity index (χ4v) is 1.33. The number of allylic oxidation sites excluding steroid dienone is 1. The van der Waals surface area contributed by atoms with Crippen LogP contribution in [0, 0.1) is 0 Å². The highest BCUT2D eigenvalue weighted by atomic mass is 16.3. The summed E-state index contributed by atoms with van der Waals surface area (Å²) in [4.78, 5) is 15.5. The second-order valence-corrected chi connectivity index (χ2v) is 3.78. The molecule has 0 atom stereocenters. The van der Waals surface area contributed by atoms with Crippen molar-refractivity contribution in [1.29, 1.82) is 0 Å². The van der Waals surface area contributed by atoms with E-state index >= 15 is 0 Å². The fraction of sp³-hybridized carbons (Fsp3) is 0.0714. The van der Waals surface area contributed by atoms with Crippen molar-refractivity contribution in [1.82, 2.24) is 10.4 Å². The summed E-state index contributed by atoms with van der Waals surface area (Å²) in [6.07, 6.45) is 8.21. The summed E-state index contributed by atoms with van der Waals surface area (Å²) in [5, 5.41) is 3.96. The molecule has 1 amide bonds. The van der Waals surface area contributed by atoms with E-state index in [0.29, 0.717) is 11.3 Å². The molecule has 96 valence electrons. The number of hydrogen-bond donors (Lipinski definition) is 1. The number of nitrogens with one attached hydrogen (secondary N) is 1. The van der Waals surface area contributed by atoms with Crippen molar-refractivity contribution < 1.29 is 9.21 Å². The van der Waals surface area contributed by atoms with Crippen molar-refractivity contribution >= 4 is 17.7 Å². The van der Waals surface area contributed by atoms with Crippen LogP contribution in [-0.2, 0) is 0 Å². The Morgan fingerprint density at radius 3 is 3.00 bits per heavy atom. The Labute approximate surface area is 110 Å². The molecular weight excluding hydrogens is 242 g/mol. The molecule has 0 aliphatic heterocycles. The predicted molar refractivity (Wildman–Crippen MR) is 72.6 cm³/mol. The Bertz CT molecular complexity index is 586. The van der Waals surface area contributed by atoms with Gasteiger partial charge >= 0.3 is 0 Å². The smallest absolute Gasteiger partial charge is 0.272 e. The zero-order valence-corrected chi connectivity index (χ0v) is 10.4. The van der Waals surface area contributed by atoms with Crippen molar-refractivity contribution in [2.75, 3.05) is 0 Å². The molecule has 0 radical (unpaired) electrons. The zero-order chi connectivity index (χ0) is 13.5. The van der Waals surface area contributed by atoms with Crippen molar-refractivity contribution in [2.24, 2.45) is 5.10 Å². The third kappa shape index (κ3) is 3.92. The van der Waals surface area contributed by atoms with Gasteiger partial charge in [0.15, 0.2) is 0 Å². The molecule has 0 aromatic carbocycles. The van der Waals surface area contributed by atoms with Gasteiger partial charge in [0.05, 0.1) is 17.5 Å². The van der Waals surface area contributed by atoms with Gasteiger partial charge in [0.1, 0.15) is 5.76 Å². The van der Waals surface area contributed by atoms with Gasteiger partial charge in [-0.2, -0.15) is 5.10 Å². The van der Waals surface area contributed by atoms with E-state index in [4.69, 9.17) is 4.42 Å². The van der Waals surface area contributed by atoms with Gasteiger partial charge in [0.2, 0.25) is 0 Å². The summed E-state index contributed by atoms with van der Waals surface area (Å²) < 4.78 is 5.14. The largest absolute Gasteiger partial charge is 0.465 e. The van der Waals surface area contributed by atoms with E-state index in [9.17, 15) is 4.79 Å². The van der Waals surface area contributed by atoms with Gasteiger partial charge in [-0.3, -0.25) is 9.78 Å². The van der Waals surface area contributed by atoms with Crippen molar-refractivity contribution in [3.63, 3.8) is 0 Å².